The predicted octanol–water partition coefficient (Wildman–Crippen LogP) is 3.31. The van der Waals surface area contributed by atoms with E-state index in [1.54, 1.807) is 0 Å². The van der Waals surface area contributed by atoms with Crippen LogP contribution in [0.2, 0.25) is 0 Å². The lowest BCUT2D eigenvalue weighted by Gasteiger charge is -2.31. The van der Waals surface area contributed by atoms with Crippen LogP contribution >= 0.6 is 0 Å². The molecule has 1 heterocycles. The van der Waals surface area contributed by atoms with E-state index in [2.05, 4.69) is 6.92 Å². The van der Waals surface area contributed by atoms with Crippen molar-refractivity contribution < 1.29 is 4.39 Å². The Labute approximate surface area is 90.9 Å². The zero-order valence-electron chi connectivity index (χ0n) is 9.25. The third kappa shape index (κ3) is 1.91. The molecule has 0 spiro atoms. The molecule has 1 aliphatic heterocycles. The van der Waals surface area contributed by atoms with E-state index in [9.17, 15) is 4.39 Å². The van der Waals surface area contributed by atoms with E-state index in [0.29, 0.717) is 6.42 Å². The number of benzene rings is 1. The summed E-state index contributed by atoms with van der Waals surface area (Å²) in [6.07, 6.45) is 2.61. The van der Waals surface area contributed by atoms with Gasteiger partial charge in [-0.15, -0.1) is 0 Å². The number of hydrogen-bond acceptors (Lipinski definition) is 1. The Morgan fingerprint density at radius 2 is 2.07 bits per heavy atom. The lowest BCUT2D eigenvalue weighted by molar-refractivity contribution is -0.00371. The summed E-state index contributed by atoms with van der Waals surface area (Å²) in [5.74, 6) is -1.21. The molecular weight excluding hydrogens is 189 g/mol. The van der Waals surface area contributed by atoms with E-state index in [-0.39, 0.29) is 0 Å². The highest BCUT2D eigenvalue weighted by molar-refractivity contribution is 5.23. The van der Waals surface area contributed by atoms with E-state index < -0.39 is 5.79 Å². The Bertz CT molecular complexity index is 312. The van der Waals surface area contributed by atoms with Crippen molar-refractivity contribution in [2.24, 2.45) is 0 Å². The highest BCUT2D eigenvalue weighted by atomic mass is 19.1. The van der Waals surface area contributed by atoms with Crippen LogP contribution < -0.4 is 0 Å². The highest BCUT2D eigenvalue weighted by Crippen LogP contribution is 2.39. The number of hydrogen-bond donors (Lipinski definition) is 0. The molecule has 0 N–H and O–H groups in total. The van der Waals surface area contributed by atoms with E-state index in [4.69, 9.17) is 0 Å². The lowest BCUT2D eigenvalue weighted by atomic mass is 10.0. The average molecular weight is 207 g/mol. The van der Waals surface area contributed by atoms with Gasteiger partial charge in [0.25, 0.3) is 0 Å². The van der Waals surface area contributed by atoms with Crippen LogP contribution in [0.3, 0.4) is 0 Å². The average Bonchev–Trinajstić information content (AvgIpc) is 2.64. The minimum atomic E-state index is -1.21. The fraction of sp³-hybridized carbons (Fsp3) is 0.538. The first-order chi connectivity index (χ1) is 7.27. The van der Waals surface area contributed by atoms with Gasteiger partial charge in [0.2, 0.25) is 0 Å². The van der Waals surface area contributed by atoms with Crippen LogP contribution in [-0.2, 0) is 5.79 Å². The minimum Gasteiger partial charge on any atom is -0.268 e. The monoisotopic (exact) mass is 207 g/mol. The topological polar surface area (TPSA) is 3.24 Å². The van der Waals surface area contributed by atoms with Gasteiger partial charge in [0.1, 0.15) is 0 Å². The number of halogens is 1. The fourth-order valence-electron chi connectivity index (χ4n) is 2.42. The Hall–Kier alpha value is -0.890. The molecule has 1 fully saturated rings. The summed E-state index contributed by atoms with van der Waals surface area (Å²) in [6, 6.07) is 9.56. The maximum Gasteiger partial charge on any atom is 0.189 e. The normalized spacial score (nSPS) is 27.1. The van der Waals surface area contributed by atoms with Crippen molar-refractivity contribution in [3.05, 3.63) is 35.9 Å². The molecule has 0 radical (unpaired) electrons. The smallest absolute Gasteiger partial charge is 0.189 e. The second-order valence-electron chi connectivity index (χ2n) is 4.22. The lowest BCUT2D eigenvalue weighted by Crippen LogP contribution is -2.37. The van der Waals surface area contributed by atoms with Crippen LogP contribution in [-0.4, -0.2) is 18.0 Å². The van der Waals surface area contributed by atoms with Crippen LogP contribution in [0.4, 0.5) is 4.39 Å². The molecule has 0 saturated carbocycles. The Morgan fingerprint density at radius 3 is 2.73 bits per heavy atom. The zero-order chi connectivity index (χ0) is 10.7. The summed E-state index contributed by atoms with van der Waals surface area (Å²) in [5, 5.41) is 0. The van der Waals surface area contributed by atoms with E-state index in [1.165, 1.54) is 0 Å². The van der Waals surface area contributed by atoms with E-state index >= 15 is 0 Å². The van der Waals surface area contributed by atoms with Crippen molar-refractivity contribution in [1.82, 2.24) is 4.90 Å². The summed E-state index contributed by atoms with van der Waals surface area (Å²) < 4.78 is 14.8. The van der Waals surface area contributed by atoms with Gasteiger partial charge in [-0.2, -0.15) is 0 Å². The van der Waals surface area contributed by atoms with Gasteiger partial charge < -0.3 is 0 Å². The molecule has 1 aromatic rings. The highest BCUT2D eigenvalue weighted by Gasteiger charge is 2.41. The van der Waals surface area contributed by atoms with E-state index in [1.807, 2.05) is 35.2 Å². The molecule has 1 aliphatic rings. The molecule has 1 unspecified atom stereocenters. The summed E-state index contributed by atoms with van der Waals surface area (Å²) in [4.78, 5) is 1.97. The van der Waals surface area contributed by atoms with Crippen LogP contribution in [0.15, 0.2) is 30.3 Å². The third-order valence-corrected chi connectivity index (χ3v) is 3.15. The largest absolute Gasteiger partial charge is 0.268 e. The van der Waals surface area contributed by atoms with Crippen LogP contribution in [0.25, 0.3) is 0 Å². The van der Waals surface area contributed by atoms with Gasteiger partial charge in [0.15, 0.2) is 5.79 Å². The molecule has 82 valence electrons. The van der Waals surface area contributed by atoms with Gasteiger partial charge in [-0.3, -0.25) is 4.90 Å². The first kappa shape index (κ1) is 10.6. The molecule has 1 saturated heterocycles. The molecule has 2 rings (SSSR count). The molecule has 0 aromatic heterocycles. The first-order valence-electron chi connectivity index (χ1n) is 5.77. The number of alkyl halides is 1. The Morgan fingerprint density at radius 1 is 1.33 bits per heavy atom. The molecule has 15 heavy (non-hydrogen) atoms. The van der Waals surface area contributed by atoms with Crippen molar-refractivity contribution in [2.75, 3.05) is 13.1 Å². The summed E-state index contributed by atoms with van der Waals surface area (Å²) in [7, 11) is 0. The van der Waals surface area contributed by atoms with Crippen molar-refractivity contribution in [3.8, 4) is 0 Å². The third-order valence-electron chi connectivity index (χ3n) is 3.15. The van der Waals surface area contributed by atoms with Crippen LogP contribution in [0.1, 0.15) is 31.7 Å². The second-order valence-corrected chi connectivity index (χ2v) is 4.22. The quantitative estimate of drug-likeness (QED) is 0.687. The summed E-state index contributed by atoms with van der Waals surface area (Å²) in [5.41, 5.74) is 0.816. The minimum absolute atomic E-state index is 0.636. The Kier molecular flexibility index (Phi) is 3.06. The van der Waals surface area contributed by atoms with Crippen LogP contribution in [0, 0.1) is 0 Å². The summed E-state index contributed by atoms with van der Waals surface area (Å²) in [6.45, 7) is 3.84. The Balaban J connectivity index is 2.25. The zero-order valence-corrected chi connectivity index (χ0v) is 9.25. The summed E-state index contributed by atoms with van der Waals surface area (Å²) >= 11 is 0. The van der Waals surface area contributed by atoms with Gasteiger partial charge in [-0.25, -0.2) is 4.39 Å². The van der Waals surface area contributed by atoms with Crippen molar-refractivity contribution in [3.63, 3.8) is 0 Å². The standard InChI is InChI=1S/C13H18FN/c1-2-10-15-11-6-9-13(15,14)12-7-4-3-5-8-12/h3-5,7-8H,2,6,9-11H2,1H3. The molecule has 2 heteroatoms. The maximum atomic E-state index is 14.8. The molecule has 1 aromatic carbocycles. The van der Waals surface area contributed by atoms with Gasteiger partial charge in [-0.1, -0.05) is 37.3 Å². The number of nitrogens with zero attached hydrogens (tertiary/aromatic N) is 1. The van der Waals surface area contributed by atoms with Crippen LogP contribution in [0.5, 0.6) is 0 Å². The molecule has 1 atom stereocenters. The van der Waals surface area contributed by atoms with E-state index in [0.717, 1.165) is 31.5 Å². The fourth-order valence-corrected chi connectivity index (χ4v) is 2.42. The number of likely N-dealkylation sites (tertiary alicyclic amines) is 1. The van der Waals surface area contributed by atoms with Gasteiger partial charge in [0.05, 0.1) is 0 Å². The predicted molar refractivity (Wildman–Crippen MR) is 60.3 cm³/mol. The van der Waals surface area contributed by atoms with Crippen molar-refractivity contribution in [2.45, 2.75) is 32.0 Å². The first-order valence-corrected chi connectivity index (χ1v) is 5.77. The molecule has 0 bridgehead atoms. The molecule has 0 amide bonds. The molecular formula is C13H18FN. The van der Waals surface area contributed by atoms with Crippen molar-refractivity contribution in [1.29, 1.82) is 0 Å². The van der Waals surface area contributed by atoms with Gasteiger partial charge in [0, 0.05) is 25.1 Å². The maximum absolute atomic E-state index is 14.8. The SMILES string of the molecule is CCCN1CCCC1(F)c1ccccc1. The number of rotatable bonds is 3. The van der Waals surface area contributed by atoms with Gasteiger partial charge >= 0.3 is 0 Å². The van der Waals surface area contributed by atoms with Crippen molar-refractivity contribution >= 4 is 0 Å². The van der Waals surface area contributed by atoms with Gasteiger partial charge in [-0.05, 0) is 12.8 Å². The molecule has 1 nitrogen and oxygen atoms in total. The molecule has 0 aliphatic carbocycles. The second kappa shape index (κ2) is 4.31.